The smallest absolute Gasteiger partial charge is 0.370 e. The van der Waals surface area contributed by atoms with Crippen LogP contribution < -0.4 is 27.0 Å². The third kappa shape index (κ3) is 9.22. The van der Waals surface area contributed by atoms with Gasteiger partial charge in [0.15, 0.2) is 0 Å². The molecule has 1 aromatic heterocycles. The van der Waals surface area contributed by atoms with Crippen molar-refractivity contribution in [3.63, 3.8) is 0 Å². The number of nitrogens with one attached hydrogen (secondary N) is 5. The van der Waals surface area contributed by atoms with E-state index in [0.717, 1.165) is 23.3 Å². The molecular weight excluding hydrogens is 735 g/mol. The first-order chi connectivity index (χ1) is 26.4. The van der Waals surface area contributed by atoms with Crippen LogP contribution in [0.4, 0.5) is 8.78 Å². The molecule has 0 unspecified atom stereocenters. The van der Waals surface area contributed by atoms with Crippen molar-refractivity contribution in [3.05, 3.63) is 107 Å². The molecule has 3 aromatic carbocycles. The SMILES string of the molecule is NC(=O)CC[C@H](NC(=O)[C@@H]1CC[C@@H]2CCNC[C@H](NC(=O)c3cc4cc(C(F)(F)OP=O)ccc4[nH]3)C(=O)N21)C(=O)NC(c1ccccc1)c1ccccc1. The maximum atomic E-state index is 14.2. The Morgan fingerprint density at radius 3 is 2.29 bits per heavy atom. The third-order valence-corrected chi connectivity index (χ3v) is 10.2. The minimum Gasteiger partial charge on any atom is -0.370 e. The van der Waals surface area contributed by atoms with Crippen LogP contribution in [0.3, 0.4) is 0 Å². The number of hydrogen-bond donors (Lipinski definition) is 6. The molecule has 17 heteroatoms. The van der Waals surface area contributed by atoms with Crippen molar-refractivity contribution in [2.45, 2.75) is 68.4 Å². The predicted octanol–water partition coefficient (Wildman–Crippen LogP) is 3.55. The van der Waals surface area contributed by atoms with E-state index in [1.165, 1.54) is 17.0 Å². The average Bonchev–Trinajstić information content (AvgIpc) is 3.80. The monoisotopic (exact) mass is 775 g/mol. The van der Waals surface area contributed by atoms with E-state index >= 15 is 0 Å². The van der Waals surface area contributed by atoms with Gasteiger partial charge in [0.1, 0.15) is 23.8 Å². The summed E-state index contributed by atoms with van der Waals surface area (Å²) in [5.41, 5.74) is 6.83. The van der Waals surface area contributed by atoms with Crippen LogP contribution in [0.5, 0.6) is 0 Å². The van der Waals surface area contributed by atoms with Gasteiger partial charge in [0.25, 0.3) is 5.91 Å². The van der Waals surface area contributed by atoms with Crippen LogP contribution in [0.1, 0.15) is 65.3 Å². The summed E-state index contributed by atoms with van der Waals surface area (Å²) in [6.45, 7) is 0.544. The maximum Gasteiger partial charge on any atom is 0.393 e. The molecule has 6 rings (SSSR count). The van der Waals surface area contributed by atoms with Crippen LogP contribution in [-0.4, -0.2) is 76.7 Å². The highest BCUT2D eigenvalue weighted by Gasteiger charge is 2.45. The van der Waals surface area contributed by atoms with E-state index in [4.69, 9.17) is 5.73 Å². The zero-order valence-electron chi connectivity index (χ0n) is 29.5. The second kappa shape index (κ2) is 17.3. The van der Waals surface area contributed by atoms with E-state index in [9.17, 15) is 37.3 Å². The summed E-state index contributed by atoms with van der Waals surface area (Å²) in [6, 6.07) is 19.3. The summed E-state index contributed by atoms with van der Waals surface area (Å²) >= 11 is 0. The van der Waals surface area contributed by atoms with Gasteiger partial charge in [0, 0.05) is 29.9 Å². The molecule has 7 N–H and O–H groups in total. The summed E-state index contributed by atoms with van der Waals surface area (Å²) in [5.74, 6) is -2.98. The normalized spacial score (nSPS) is 19.4. The predicted molar refractivity (Wildman–Crippen MR) is 197 cm³/mol. The van der Waals surface area contributed by atoms with Crippen LogP contribution in [0, 0.1) is 0 Å². The largest absolute Gasteiger partial charge is 0.393 e. The Hall–Kier alpha value is -5.57. The third-order valence-electron chi connectivity index (χ3n) is 9.88. The average molecular weight is 776 g/mol. The Morgan fingerprint density at radius 1 is 0.945 bits per heavy atom. The van der Waals surface area contributed by atoms with Crippen LogP contribution in [0.15, 0.2) is 84.9 Å². The molecule has 4 aromatic rings. The van der Waals surface area contributed by atoms with Gasteiger partial charge in [-0.2, -0.15) is 8.78 Å². The number of aromatic amines is 1. The Morgan fingerprint density at radius 2 is 1.64 bits per heavy atom. The number of halogens is 2. The van der Waals surface area contributed by atoms with Crippen molar-refractivity contribution in [3.8, 4) is 0 Å². The summed E-state index contributed by atoms with van der Waals surface area (Å²) in [7, 11) is -1.20. The van der Waals surface area contributed by atoms with Crippen molar-refractivity contribution in [1.29, 1.82) is 0 Å². The van der Waals surface area contributed by atoms with E-state index < -0.39 is 74.1 Å². The zero-order chi connectivity index (χ0) is 39.1. The molecule has 55 heavy (non-hydrogen) atoms. The zero-order valence-corrected chi connectivity index (χ0v) is 30.4. The Kier molecular flexibility index (Phi) is 12.3. The lowest BCUT2D eigenvalue weighted by molar-refractivity contribution is -0.178. The number of rotatable bonds is 14. The summed E-state index contributed by atoms with van der Waals surface area (Å²) < 4.78 is 43.0. The van der Waals surface area contributed by atoms with Gasteiger partial charge in [0.2, 0.25) is 23.6 Å². The molecule has 288 valence electrons. The molecule has 5 amide bonds. The summed E-state index contributed by atoms with van der Waals surface area (Å²) in [4.78, 5) is 71.7. The second-order valence-electron chi connectivity index (χ2n) is 13.5. The van der Waals surface area contributed by atoms with E-state index in [1.54, 1.807) is 0 Å². The fraction of sp³-hybridized carbons (Fsp3) is 0.342. The number of H-pyrrole nitrogens is 1. The lowest BCUT2D eigenvalue weighted by Crippen LogP contribution is -2.61. The molecule has 0 bridgehead atoms. The first kappa shape index (κ1) is 39.1. The lowest BCUT2D eigenvalue weighted by Gasteiger charge is -2.36. The fourth-order valence-electron chi connectivity index (χ4n) is 7.14. The summed E-state index contributed by atoms with van der Waals surface area (Å²) in [5, 5.41) is 11.9. The lowest BCUT2D eigenvalue weighted by atomic mass is 9.98. The Balaban J connectivity index is 1.18. The van der Waals surface area contributed by atoms with Gasteiger partial charge in [-0.15, -0.1) is 0 Å². The molecule has 2 saturated heterocycles. The minimum absolute atomic E-state index is 0.00641. The van der Waals surface area contributed by atoms with E-state index in [2.05, 4.69) is 30.8 Å². The van der Waals surface area contributed by atoms with Crippen molar-refractivity contribution in [1.82, 2.24) is 31.2 Å². The van der Waals surface area contributed by atoms with Gasteiger partial charge in [-0.3, -0.25) is 24.0 Å². The van der Waals surface area contributed by atoms with Gasteiger partial charge in [-0.25, -0.2) is 9.09 Å². The standard InChI is InChI=1S/C38H40F2N7O7P/c39-38(40,54-55-53)25-11-13-27-24(19-25)20-29(43-27)35(50)45-30-21-42-18-17-26-12-15-31(47(26)37(30)52)36(51)44-28(14-16-32(41)48)34(49)46-33(22-7-3-1-4-8-22)23-9-5-2-6-10-23/h1-11,13,19-20,26,28,30-31,33,42-43H,12,14-18,21H2,(H2,41,48)(H,44,51)(H,45,50)(H,46,49)/t26-,28+,30+,31+/m1/s1. The Labute approximate surface area is 316 Å². The van der Waals surface area contributed by atoms with Gasteiger partial charge in [-0.1, -0.05) is 60.7 Å². The molecule has 0 radical (unpaired) electrons. The number of alkyl halides is 2. The number of amides is 5. The number of primary amides is 1. The number of nitrogens with two attached hydrogens (primary N) is 1. The highest BCUT2D eigenvalue weighted by atomic mass is 31.1. The van der Waals surface area contributed by atoms with Crippen LogP contribution in [0.25, 0.3) is 10.9 Å². The molecule has 2 aliphatic heterocycles. The van der Waals surface area contributed by atoms with E-state index in [0.29, 0.717) is 31.3 Å². The van der Waals surface area contributed by atoms with Crippen molar-refractivity contribution >= 4 is 49.1 Å². The first-order valence-electron chi connectivity index (χ1n) is 17.8. The van der Waals surface area contributed by atoms with Crippen LogP contribution >= 0.6 is 8.69 Å². The maximum absolute atomic E-state index is 14.2. The van der Waals surface area contributed by atoms with Crippen LogP contribution in [-0.2, 0) is 34.4 Å². The molecule has 2 fully saturated rings. The fourth-order valence-corrected chi connectivity index (χ4v) is 7.34. The first-order valence-corrected chi connectivity index (χ1v) is 18.5. The van der Waals surface area contributed by atoms with Crippen molar-refractivity contribution in [2.75, 3.05) is 13.1 Å². The van der Waals surface area contributed by atoms with Gasteiger partial charge < -0.3 is 36.9 Å². The van der Waals surface area contributed by atoms with Crippen LogP contribution in [0.2, 0.25) is 0 Å². The topological polar surface area (TPSA) is 205 Å². The number of hydrogen-bond acceptors (Lipinski definition) is 8. The quantitative estimate of drug-likeness (QED) is 0.104. The number of carbonyl (C=O) groups is 5. The number of benzene rings is 3. The second-order valence-corrected chi connectivity index (χ2v) is 13.8. The van der Waals surface area contributed by atoms with E-state index in [1.807, 2.05) is 60.7 Å². The Bertz CT molecular complexity index is 2010. The number of aromatic nitrogens is 1. The molecule has 14 nitrogen and oxygen atoms in total. The van der Waals surface area contributed by atoms with Gasteiger partial charge >= 0.3 is 14.8 Å². The number of nitrogens with zero attached hydrogens (tertiary/aromatic N) is 1. The van der Waals surface area contributed by atoms with E-state index in [-0.39, 0.29) is 36.5 Å². The molecule has 4 atom stereocenters. The molecule has 2 aliphatic rings. The number of fused-ring (bicyclic) bond motifs is 2. The van der Waals surface area contributed by atoms with Crippen molar-refractivity contribution in [2.24, 2.45) is 5.73 Å². The van der Waals surface area contributed by atoms with Gasteiger partial charge in [-0.05, 0) is 67.6 Å². The highest BCUT2D eigenvalue weighted by Crippen LogP contribution is 2.35. The summed E-state index contributed by atoms with van der Waals surface area (Å²) in [6.07, 6.45) is -2.75. The van der Waals surface area contributed by atoms with Gasteiger partial charge in [0.05, 0.1) is 11.6 Å². The highest BCUT2D eigenvalue weighted by molar-refractivity contribution is 7.17. The molecule has 0 saturated carbocycles. The molecular formula is C38H40F2N7O7P. The van der Waals surface area contributed by atoms with Crippen molar-refractivity contribution < 1.29 is 41.8 Å². The molecule has 0 aliphatic carbocycles. The molecule has 3 heterocycles. The number of carbonyl (C=O) groups excluding carboxylic acids is 5. The minimum atomic E-state index is -3.83. The molecule has 0 spiro atoms.